The topological polar surface area (TPSA) is 123 Å². The van der Waals surface area contributed by atoms with Gasteiger partial charge in [-0.1, -0.05) is 55.5 Å². The summed E-state index contributed by atoms with van der Waals surface area (Å²) in [5.41, 5.74) is 1.67. The molecule has 11 nitrogen and oxygen atoms in total. The summed E-state index contributed by atoms with van der Waals surface area (Å²) in [4.78, 5) is 57.7. The van der Waals surface area contributed by atoms with Gasteiger partial charge in [-0.2, -0.15) is 5.26 Å². The molecular formula is C34H38N6O5S2. The number of aromatic nitrogens is 3. The van der Waals surface area contributed by atoms with Crippen molar-refractivity contribution >= 4 is 57.8 Å². The molecule has 2 saturated heterocycles. The number of hydrogen-bond acceptors (Lipinski definition) is 9. The average Bonchev–Trinajstić information content (AvgIpc) is 3.46. The number of pyridine rings is 1. The number of thiocarbonyl (C=S) groups is 1. The molecule has 1 aromatic carbocycles. The van der Waals surface area contributed by atoms with Gasteiger partial charge in [-0.15, -0.1) is 0 Å². The fourth-order valence-electron chi connectivity index (χ4n) is 6.20. The monoisotopic (exact) mass is 674 g/mol. The van der Waals surface area contributed by atoms with Gasteiger partial charge >= 0.3 is 5.97 Å². The number of thioether (sulfide) groups is 1. The van der Waals surface area contributed by atoms with Crippen molar-refractivity contribution < 1.29 is 14.3 Å². The summed E-state index contributed by atoms with van der Waals surface area (Å²) in [6.07, 6.45) is 4.32. The zero-order valence-corrected chi connectivity index (χ0v) is 28.9. The number of anilines is 2. The Bertz CT molecular complexity index is 1930. The zero-order chi connectivity index (χ0) is 34.0. The van der Waals surface area contributed by atoms with Crippen LogP contribution in [0.1, 0.15) is 61.9 Å². The predicted octanol–water partition coefficient (Wildman–Crippen LogP) is 4.81. The van der Waals surface area contributed by atoms with E-state index in [9.17, 15) is 24.4 Å². The van der Waals surface area contributed by atoms with E-state index in [1.54, 1.807) is 43.1 Å². The third-order valence-corrected chi connectivity index (χ3v) is 10.1. The van der Waals surface area contributed by atoms with Crippen LogP contribution in [0.5, 0.6) is 0 Å². The lowest BCUT2D eigenvalue weighted by Crippen LogP contribution is -2.41. The van der Waals surface area contributed by atoms with E-state index in [-0.39, 0.29) is 43.5 Å². The summed E-state index contributed by atoms with van der Waals surface area (Å²) in [5.74, 6) is -0.315. The molecule has 2 aliphatic heterocycles. The number of hydrogen-bond donors (Lipinski definition) is 0. The Labute approximate surface area is 283 Å². The number of carbonyl (C=O) groups is 2. The number of carbonyl (C=O) groups excluding carboxylic acids is 2. The Balaban J connectivity index is 1.62. The number of benzene rings is 1. The van der Waals surface area contributed by atoms with Crippen LogP contribution in [-0.2, 0) is 27.9 Å². The number of nitriles is 1. The first-order chi connectivity index (χ1) is 22.5. The van der Waals surface area contributed by atoms with Crippen LogP contribution >= 0.6 is 24.0 Å². The van der Waals surface area contributed by atoms with Crippen LogP contribution in [0.25, 0.3) is 11.8 Å². The number of piperidine rings is 1. The van der Waals surface area contributed by atoms with Crippen LogP contribution in [0, 0.1) is 31.1 Å². The highest BCUT2D eigenvalue weighted by Crippen LogP contribution is 2.39. The fourth-order valence-corrected chi connectivity index (χ4v) is 7.45. The van der Waals surface area contributed by atoms with Crippen molar-refractivity contribution in [2.75, 3.05) is 29.5 Å². The highest BCUT2D eigenvalue weighted by molar-refractivity contribution is 8.27. The van der Waals surface area contributed by atoms with Crippen molar-refractivity contribution in [3.8, 4) is 11.8 Å². The lowest BCUT2D eigenvalue weighted by molar-refractivity contribution is -0.148. The number of esters is 1. The number of rotatable bonds is 9. The maximum atomic E-state index is 14.1. The highest BCUT2D eigenvalue weighted by Gasteiger charge is 2.39. The van der Waals surface area contributed by atoms with Crippen LogP contribution in [0.2, 0.25) is 0 Å². The quantitative estimate of drug-likeness (QED) is 0.179. The molecule has 2 fully saturated rings. The van der Waals surface area contributed by atoms with Gasteiger partial charge < -0.3 is 9.64 Å². The first kappa shape index (κ1) is 33.9. The van der Waals surface area contributed by atoms with Crippen molar-refractivity contribution in [2.24, 2.45) is 13.0 Å². The summed E-state index contributed by atoms with van der Waals surface area (Å²) in [7, 11) is 1.75. The number of ether oxygens (including phenoxy) is 1. The molecule has 5 rings (SSSR count). The number of para-hydroxylation sites is 1. The molecule has 0 spiro atoms. The molecule has 0 aliphatic carbocycles. The normalized spacial score (nSPS) is 16.3. The van der Waals surface area contributed by atoms with Crippen molar-refractivity contribution in [2.45, 2.75) is 59.9 Å². The number of nitrogens with zero attached hydrogens (tertiary/aromatic N) is 6. The third kappa shape index (κ3) is 6.19. The van der Waals surface area contributed by atoms with E-state index in [1.807, 2.05) is 37.3 Å². The Morgan fingerprint density at radius 2 is 1.79 bits per heavy atom. The second-order valence-corrected chi connectivity index (χ2v) is 13.3. The van der Waals surface area contributed by atoms with Gasteiger partial charge in [0, 0.05) is 32.2 Å². The highest BCUT2D eigenvalue weighted by atomic mass is 32.2. The molecule has 0 saturated carbocycles. The summed E-state index contributed by atoms with van der Waals surface area (Å²) in [6, 6.07) is 11.2. The van der Waals surface area contributed by atoms with Gasteiger partial charge in [-0.05, 0) is 63.8 Å². The molecule has 0 bridgehead atoms. The van der Waals surface area contributed by atoms with Crippen LogP contribution in [0.3, 0.4) is 0 Å². The van der Waals surface area contributed by atoms with E-state index < -0.39 is 5.91 Å². The standard InChI is InChI=1S/C34H38N6O5S2/c1-6-8-16-38-29(37-17-14-23(15-18-37)33(44)45-7-2)25(21(3)26(20-35)30(38)41)19-27-31(42)39(34(46)47-27)28-22(4)36(5)40(32(28)43)24-12-10-9-11-13-24/h9-13,19,23H,6-8,14-18H2,1-5H3/b27-19+. The minimum Gasteiger partial charge on any atom is -0.466 e. The largest absolute Gasteiger partial charge is 0.466 e. The van der Waals surface area contributed by atoms with E-state index in [2.05, 4.69) is 11.0 Å². The Kier molecular flexibility index (Phi) is 10.2. The lowest BCUT2D eigenvalue weighted by Gasteiger charge is -2.35. The average molecular weight is 675 g/mol. The minimum absolute atomic E-state index is 0.0117. The fraction of sp³-hybridized carbons (Fsp3) is 0.412. The molecule has 4 heterocycles. The molecule has 3 aromatic rings. The van der Waals surface area contributed by atoms with Gasteiger partial charge in [-0.3, -0.25) is 33.3 Å². The van der Waals surface area contributed by atoms with Crippen LogP contribution in [0.15, 0.2) is 44.8 Å². The van der Waals surface area contributed by atoms with Gasteiger partial charge in [0.15, 0.2) is 4.32 Å². The molecular weight excluding hydrogens is 637 g/mol. The molecule has 0 radical (unpaired) electrons. The minimum atomic E-state index is -0.456. The molecule has 47 heavy (non-hydrogen) atoms. The van der Waals surface area contributed by atoms with Crippen molar-refractivity contribution in [3.05, 3.63) is 78.3 Å². The van der Waals surface area contributed by atoms with Crippen LogP contribution in [-0.4, -0.2) is 49.8 Å². The van der Waals surface area contributed by atoms with Gasteiger partial charge in [0.2, 0.25) is 0 Å². The van der Waals surface area contributed by atoms with E-state index in [1.165, 1.54) is 9.58 Å². The second kappa shape index (κ2) is 14.1. The van der Waals surface area contributed by atoms with Gasteiger partial charge in [0.05, 0.1) is 28.8 Å². The van der Waals surface area contributed by atoms with Crippen molar-refractivity contribution in [1.82, 2.24) is 13.9 Å². The molecule has 2 aromatic heterocycles. The zero-order valence-electron chi connectivity index (χ0n) is 27.2. The predicted molar refractivity (Wildman–Crippen MR) is 188 cm³/mol. The van der Waals surface area contributed by atoms with E-state index >= 15 is 0 Å². The Morgan fingerprint density at radius 1 is 1.11 bits per heavy atom. The maximum Gasteiger partial charge on any atom is 0.309 e. The molecule has 0 unspecified atom stereocenters. The van der Waals surface area contributed by atoms with Gasteiger partial charge in [0.25, 0.3) is 17.0 Å². The van der Waals surface area contributed by atoms with E-state index in [0.29, 0.717) is 73.8 Å². The van der Waals surface area contributed by atoms with Gasteiger partial charge in [0.1, 0.15) is 23.1 Å². The molecule has 13 heteroatoms. The molecule has 2 aliphatic rings. The van der Waals surface area contributed by atoms with E-state index in [0.717, 1.165) is 18.2 Å². The van der Waals surface area contributed by atoms with Gasteiger partial charge in [-0.25, -0.2) is 4.68 Å². The molecule has 0 N–H and O–H groups in total. The van der Waals surface area contributed by atoms with Crippen molar-refractivity contribution in [1.29, 1.82) is 5.26 Å². The SMILES string of the molecule is CCCCn1c(N2CCC(C(=O)OCC)CC2)c(/C=C2/SC(=S)N(c3c(C)n(C)n(-c4ccccc4)c3=O)C2=O)c(C)c(C#N)c1=O. The Morgan fingerprint density at radius 3 is 2.40 bits per heavy atom. The summed E-state index contributed by atoms with van der Waals surface area (Å²) < 4.78 is 10.3. The van der Waals surface area contributed by atoms with Crippen LogP contribution < -0.4 is 20.9 Å². The third-order valence-electron chi connectivity index (χ3n) is 8.81. The smallest absolute Gasteiger partial charge is 0.309 e. The second-order valence-electron chi connectivity index (χ2n) is 11.6. The van der Waals surface area contributed by atoms with Crippen LogP contribution in [0.4, 0.5) is 11.5 Å². The number of amides is 1. The summed E-state index contributed by atoms with van der Waals surface area (Å²) >= 11 is 6.77. The molecule has 1 amide bonds. The lowest BCUT2D eigenvalue weighted by atomic mass is 9.95. The number of unbranched alkanes of at least 4 members (excludes halogenated alkanes) is 1. The Hall–Kier alpha value is -4.41. The molecule has 246 valence electrons. The van der Waals surface area contributed by atoms with Crippen molar-refractivity contribution in [3.63, 3.8) is 0 Å². The first-order valence-electron chi connectivity index (χ1n) is 15.8. The summed E-state index contributed by atoms with van der Waals surface area (Å²) in [5, 5.41) is 10.1. The maximum absolute atomic E-state index is 14.1. The first-order valence-corrected chi connectivity index (χ1v) is 17.0. The summed E-state index contributed by atoms with van der Waals surface area (Å²) in [6.45, 7) is 8.98. The van der Waals surface area contributed by atoms with E-state index in [4.69, 9.17) is 17.0 Å². The molecule has 0 atom stereocenters.